The van der Waals surface area contributed by atoms with Crippen molar-refractivity contribution in [3.05, 3.63) is 59.9 Å². The lowest BCUT2D eigenvalue weighted by atomic mass is 10.2. The van der Waals surface area contributed by atoms with E-state index < -0.39 is 23.9 Å². The standard InChI is InChI=1S/C18H18N2O5/c1-3-24-17(22)13-4-6-15(7-5-13)20-16(21)12(2)25-18(23)14-8-10-19-11-9-14/h4-12H,3H2,1-2H3,(H,20,21). The van der Waals surface area contributed by atoms with E-state index in [0.29, 0.717) is 16.8 Å². The Labute approximate surface area is 145 Å². The molecule has 7 heteroatoms. The van der Waals surface area contributed by atoms with E-state index in [2.05, 4.69) is 10.3 Å². The van der Waals surface area contributed by atoms with Crippen LogP contribution in [0.5, 0.6) is 0 Å². The van der Waals surface area contributed by atoms with E-state index >= 15 is 0 Å². The van der Waals surface area contributed by atoms with Gasteiger partial charge in [-0.25, -0.2) is 9.59 Å². The topological polar surface area (TPSA) is 94.6 Å². The van der Waals surface area contributed by atoms with Crippen LogP contribution in [0, 0.1) is 0 Å². The number of nitrogens with zero attached hydrogens (tertiary/aromatic N) is 1. The highest BCUT2D eigenvalue weighted by Gasteiger charge is 2.19. The van der Waals surface area contributed by atoms with Crippen LogP contribution in [0.15, 0.2) is 48.8 Å². The van der Waals surface area contributed by atoms with Gasteiger partial charge < -0.3 is 14.8 Å². The maximum atomic E-state index is 12.1. The Morgan fingerprint density at radius 1 is 1.00 bits per heavy atom. The zero-order chi connectivity index (χ0) is 18.2. The number of benzene rings is 1. The molecule has 0 saturated carbocycles. The van der Waals surface area contributed by atoms with Crippen molar-refractivity contribution in [1.82, 2.24) is 4.98 Å². The Balaban J connectivity index is 1.92. The predicted octanol–water partition coefficient (Wildman–Crippen LogP) is 2.44. The van der Waals surface area contributed by atoms with E-state index in [4.69, 9.17) is 9.47 Å². The van der Waals surface area contributed by atoms with E-state index in [1.165, 1.54) is 31.5 Å². The van der Waals surface area contributed by atoms with Crippen molar-refractivity contribution < 1.29 is 23.9 Å². The number of anilines is 1. The molecule has 1 amide bonds. The van der Waals surface area contributed by atoms with Crippen molar-refractivity contribution in [3.8, 4) is 0 Å². The van der Waals surface area contributed by atoms with Crippen molar-refractivity contribution in [2.24, 2.45) is 0 Å². The van der Waals surface area contributed by atoms with Gasteiger partial charge in [0.05, 0.1) is 17.7 Å². The normalized spacial score (nSPS) is 11.3. The molecule has 0 aliphatic carbocycles. The summed E-state index contributed by atoms with van der Waals surface area (Å²) < 4.78 is 10.00. The number of esters is 2. The second-order valence-electron chi connectivity index (χ2n) is 5.07. The van der Waals surface area contributed by atoms with Gasteiger partial charge in [0.25, 0.3) is 5.91 Å². The first-order valence-electron chi connectivity index (χ1n) is 7.70. The summed E-state index contributed by atoms with van der Waals surface area (Å²) in [6, 6.07) is 9.23. The van der Waals surface area contributed by atoms with E-state index in [9.17, 15) is 14.4 Å². The molecule has 25 heavy (non-hydrogen) atoms. The molecule has 1 aromatic carbocycles. The lowest BCUT2D eigenvalue weighted by Gasteiger charge is -2.13. The quantitative estimate of drug-likeness (QED) is 0.810. The van der Waals surface area contributed by atoms with Gasteiger partial charge in [-0.05, 0) is 50.2 Å². The van der Waals surface area contributed by atoms with Gasteiger partial charge >= 0.3 is 11.9 Å². The summed E-state index contributed by atoms with van der Waals surface area (Å²) in [4.78, 5) is 39.4. The molecular weight excluding hydrogens is 324 g/mol. The summed E-state index contributed by atoms with van der Waals surface area (Å²) in [5, 5.41) is 2.62. The first-order valence-corrected chi connectivity index (χ1v) is 7.70. The number of nitrogens with one attached hydrogen (secondary N) is 1. The van der Waals surface area contributed by atoms with Crippen molar-refractivity contribution in [1.29, 1.82) is 0 Å². The SMILES string of the molecule is CCOC(=O)c1ccc(NC(=O)C(C)OC(=O)c2ccncc2)cc1. The van der Waals surface area contributed by atoms with E-state index in [1.54, 1.807) is 31.2 Å². The molecule has 0 bridgehead atoms. The second kappa shape index (κ2) is 8.58. The number of hydrogen-bond acceptors (Lipinski definition) is 6. The monoisotopic (exact) mass is 342 g/mol. The Hall–Kier alpha value is -3.22. The van der Waals surface area contributed by atoms with Crippen molar-refractivity contribution in [3.63, 3.8) is 0 Å². The summed E-state index contributed by atoms with van der Waals surface area (Å²) in [6.45, 7) is 3.49. The van der Waals surface area contributed by atoms with Gasteiger partial charge in [-0.15, -0.1) is 0 Å². The minimum Gasteiger partial charge on any atom is -0.462 e. The smallest absolute Gasteiger partial charge is 0.339 e. The van der Waals surface area contributed by atoms with Crippen LogP contribution in [0.2, 0.25) is 0 Å². The number of rotatable bonds is 6. The number of carbonyl (C=O) groups is 3. The molecule has 1 aromatic heterocycles. The number of hydrogen-bond donors (Lipinski definition) is 1. The fourth-order valence-corrected chi connectivity index (χ4v) is 1.92. The molecule has 130 valence electrons. The molecule has 1 heterocycles. The van der Waals surface area contributed by atoms with Crippen LogP contribution >= 0.6 is 0 Å². The molecule has 0 saturated heterocycles. The van der Waals surface area contributed by atoms with Crippen molar-refractivity contribution >= 4 is 23.5 Å². The summed E-state index contributed by atoms with van der Waals surface area (Å²) in [7, 11) is 0. The van der Waals surface area contributed by atoms with E-state index in [0.717, 1.165) is 0 Å². The predicted molar refractivity (Wildman–Crippen MR) is 90.1 cm³/mol. The molecule has 2 rings (SSSR count). The van der Waals surface area contributed by atoms with Crippen LogP contribution in [0.4, 0.5) is 5.69 Å². The molecule has 1 N–H and O–H groups in total. The minimum absolute atomic E-state index is 0.289. The molecule has 0 aliphatic heterocycles. The van der Waals surface area contributed by atoms with Crippen LogP contribution in [0.25, 0.3) is 0 Å². The molecular formula is C18H18N2O5. The zero-order valence-electron chi connectivity index (χ0n) is 13.9. The lowest BCUT2D eigenvalue weighted by Crippen LogP contribution is -2.30. The summed E-state index contributed by atoms with van der Waals surface area (Å²) in [5.74, 6) is -1.52. The van der Waals surface area contributed by atoms with Crippen LogP contribution in [-0.2, 0) is 14.3 Å². The molecule has 2 aromatic rings. The highest BCUT2D eigenvalue weighted by molar-refractivity contribution is 5.97. The van der Waals surface area contributed by atoms with Crippen LogP contribution in [0.3, 0.4) is 0 Å². The molecule has 1 atom stereocenters. The summed E-state index contributed by atoms with van der Waals surface area (Å²) >= 11 is 0. The average molecular weight is 342 g/mol. The second-order valence-corrected chi connectivity index (χ2v) is 5.07. The third-order valence-electron chi connectivity index (χ3n) is 3.23. The maximum absolute atomic E-state index is 12.1. The van der Waals surface area contributed by atoms with Crippen molar-refractivity contribution in [2.45, 2.75) is 20.0 Å². The zero-order valence-corrected chi connectivity index (χ0v) is 13.9. The highest BCUT2D eigenvalue weighted by Crippen LogP contribution is 2.12. The Morgan fingerprint density at radius 2 is 1.60 bits per heavy atom. The number of ether oxygens (including phenoxy) is 2. The Morgan fingerprint density at radius 3 is 2.20 bits per heavy atom. The largest absolute Gasteiger partial charge is 0.462 e. The van der Waals surface area contributed by atoms with Gasteiger partial charge in [-0.2, -0.15) is 0 Å². The Kier molecular flexibility index (Phi) is 6.22. The van der Waals surface area contributed by atoms with Gasteiger partial charge in [0.1, 0.15) is 0 Å². The number of pyridine rings is 1. The number of carbonyl (C=O) groups excluding carboxylic acids is 3. The molecule has 0 fully saturated rings. The summed E-state index contributed by atoms with van der Waals surface area (Å²) in [6.07, 6.45) is 1.95. The van der Waals surface area contributed by atoms with E-state index in [-0.39, 0.29) is 6.61 Å². The number of amides is 1. The van der Waals surface area contributed by atoms with Gasteiger partial charge in [0, 0.05) is 18.1 Å². The van der Waals surface area contributed by atoms with Gasteiger partial charge in [0.15, 0.2) is 6.10 Å². The third-order valence-corrected chi connectivity index (χ3v) is 3.23. The maximum Gasteiger partial charge on any atom is 0.339 e. The molecule has 0 spiro atoms. The first-order chi connectivity index (χ1) is 12.0. The molecule has 7 nitrogen and oxygen atoms in total. The van der Waals surface area contributed by atoms with Gasteiger partial charge in [-0.1, -0.05) is 0 Å². The van der Waals surface area contributed by atoms with Crippen LogP contribution < -0.4 is 5.32 Å². The Bertz CT molecular complexity index is 744. The van der Waals surface area contributed by atoms with E-state index in [1.807, 2.05) is 0 Å². The summed E-state index contributed by atoms with van der Waals surface area (Å²) in [5.41, 5.74) is 1.18. The molecule has 0 radical (unpaired) electrons. The van der Waals surface area contributed by atoms with Crippen molar-refractivity contribution in [2.75, 3.05) is 11.9 Å². The number of aromatic nitrogens is 1. The first kappa shape index (κ1) is 18.1. The molecule has 1 unspecified atom stereocenters. The van der Waals surface area contributed by atoms with Crippen LogP contribution in [-0.4, -0.2) is 35.5 Å². The minimum atomic E-state index is -0.981. The fraction of sp³-hybridized carbons (Fsp3) is 0.222. The van der Waals surface area contributed by atoms with Crippen LogP contribution in [0.1, 0.15) is 34.6 Å². The highest BCUT2D eigenvalue weighted by atomic mass is 16.5. The molecule has 0 aliphatic rings. The third kappa shape index (κ3) is 5.13. The van der Waals surface area contributed by atoms with Gasteiger partial charge in [-0.3, -0.25) is 9.78 Å². The van der Waals surface area contributed by atoms with Gasteiger partial charge in [0.2, 0.25) is 0 Å². The average Bonchev–Trinajstić information content (AvgIpc) is 2.63. The fourth-order valence-electron chi connectivity index (χ4n) is 1.92. The lowest BCUT2D eigenvalue weighted by molar-refractivity contribution is -0.123.